The molecular formula is C13H9N3OS. The van der Waals surface area contributed by atoms with Gasteiger partial charge in [0.15, 0.2) is 0 Å². The summed E-state index contributed by atoms with van der Waals surface area (Å²) in [5, 5.41) is 9.97. The van der Waals surface area contributed by atoms with Crippen LogP contribution in [0.3, 0.4) is 0 Å². The number of H-pyrrole nitrogens is 1. The molecule has 88 valence electrons. The van der Waals surface area contributed by atoms with Crippen LogP contribution in [0.5, 0.6) is 0 Å². The summed E-state index contributed by atoms with van der Waals surface area (Å²) in [6.45, 7) is 0. The van der Waals surface area contributed by atoms with Crippen LogP contribution in [0.15, 0.2) is 53.5 Å². The molecule has 0 bridgehead atoms. The average molecular weight is 255 g/mol. The van der Waals surface area contributed by atoms with Gasteiger partial charge >= 0.3 is 0 Å². The Morgan fingerprint density at radius 2 is 1.61 bits per heavy atom. The van der Waals surface area contributed by atoms with Crippen LogP contribution < -0.4 is 5.56 Å². The topological polar surface area (TPSA) is 58.6 Å². The highest BCUT2D eigenvalue weighted by atomic mass is 32.1. The van der Waals surface area contributed by atoms with E-state index in [0.29, 0.717) is 0 Å². The van der Waals surface area contributed by atoms with Gasteiger partial charge in [0.2, 0.25) is 5.56 Å². The third-order valence-electron chi connectivity index (χ3n) is 2.48. The number of hydrogen-bond donors (Lipinski definition) is 1. The number of hydrogen-bond acceptors (Lipinski definition) is 4. The number of nitrogens with zero attached hydrogens (tertiary/aromatic N) is 2. The maximum Gasteiger partial charge on any atom is 0.247 e. The van der Waals surface area contributed by atoms with Crippen LogP contribution in [-0.4, -0.2) is 15.2 Å². The van der Waals surface area contributed by atoms with E-state index in [2.05, 4.69) is 15.2 Å². The molecule has 3 aromatic rings. The molecule has 1 aromatic carbocycles. The zero-order chi connectivity index (χ0) is 12.4. The molecule has 2 heterocycles. The third kappa shape index (κ3) is 2.08. The van der Waals surface area contributed by atoms with Crippen LogP contribution in [0.2, 0.25) is 0 Å². The van der Waals surface area contributed by atoms with Gasteiger partial charge in [-0.15, -0.1) is 10.2 Å². The molecule has 3 rings (SSSR count). The van der Waals surface area contributed by atoms with Crippen LogP contribution in [0.1, 0.15) is 0 Å². The van der Waals surface area contributed by atoms with Crippen molar-refractivity contribution in [3.8, 4) is 21.1 Å². The molecule has 0 unspecified atom stereocenters. The fourth-order valence-electron chi connectivity index (χ4n) is 1.58. The van der Waals surface area contributed by atoms with E-state index in [4.69, 9.17) is 0 Å². The van der Waals surface area contributed by atoms with Crippen molar-refractivity contribution in [3.63, 3.8) is 0 Å². The number of aromatic nitrogens is 3. The molecule has 0 aliphatic carbocycles. The number of pyridine rings is 1. The summed E-state index contributed by atoms with van der Waals surface area (Å²) in [5.41, 5.74) is 1.80. The van der Waals surface area contributed by atoms with Crippen molar-refractivity contribution in [3.05, 3.63) is 59.0 Å². The van der Waals surface area contributed by atoms with E-state index in [1.807, 2.05) is 30.3 Å². The van der Waals surface area contributed by atoms with Crippen LogP contribution in [-0.2, 0) is 0 Å². The molecular weight excluding hydrogens is 246 g/mol. The Bertz CT molecular complexity index is 698. The lowest BCUT2D eigenvalue weighted by Gasteiger charge is -1.93. The lowest BCUT2D eigenvalue weighted by Crippen LogP contribution is -2.01. The first-order valence-electron chi connectivity index (χ1n) is 5.41. The van der Waals surface area contributed by atoms with Gasteiger partial charge in [0.1, 0.15) is 10.0 Å². The fraction of sp³-hybridized carbons (Fsp3) is 0. The molecule has 0 radical (unpaired) electrons. The van der Waals surface area contributed by atoms with E-state index in [0.717, 1.165) is 21.1 Å². The van der Waals surface area contributed by atoms with Crippen LogP contribution in [0.25, 0.3) is 21.1 Å². The first-order chi connectivity index (χ1) is 8.83. The molecule has 18 heavy (non-hydrogen) atoms. The van der Waals surface area contributed by atoms with Crippen molar-refractivity contribution in [1.29, 1.82) is 0 Å². The summed E-state index contributed by atoms with van der Waals surface area (Å²) in [4.78, 5) is 13.6. The van der Waals surface area contributed by atoms with Gasteiger partial charge in [-0.05, 0) is 6.07 Å². The normalized spacial score (nSPS) is 10.4. The van der Waals surface area contributed by atoms with Crippen molar-refractivity contribution < 1.29 is 0 Å². The summed E-state index contributed by atoms with van der Waals surface area (Å²) in [6, 6.07) is 13.1. The largest absolute Gasteiger partial charge is 0.328 e. The van der Waals surface area contributed by atoms with Gasteiger partial charge in [0, 0.05) is 23.4 Å². The Kier molecular flexibility index (Phi) is 2.74. The molecule has 0 aliphatic rings. The Morgan fingerprint density at radius 3 is 2.28 bits per heavy atom. The minimum absolute atomic E-state index is 0.119. The second kappa shape index (κ2) is 4.54. The van der Waals surface area contributed by atoms with E-state index in [1.165, 1.54) is 17.4 Å². The Morgan fingerprint density at radius 1 is 0.889 bits per heavy atom. The van der Waals surface area contributed by atoms with E-state index in [9.17, 15) is 4.79 Å². The summed E-state index contributed by atoms with van der Waals surface area (Å²) < 4.78 is 0. The van der Waals surface area contributed by atoms with Gasteiger partial charge in [-0.1, -0.05) is 41.7 Å². The average Bonchev–Trinajstić information content (AvgIpc) is 2.90. The minimum Gasteiger partial charge on any atom is -0.328 e. The Hall–Kier alpha value is -2.27. The summed E-state index contributed by atoms with van der Waals surface area (Å²) in [7, 11) is 0. The number of nitrogens with one attached hydrogen (secondary N) is 1. The van der Waals surface area contributed by atoms with Crippen LogP contribution >= 0.6 is 11.3 Å². The molecule has 0 atom stereocenters. The number of rotatable bonds is 2. The second-order valence-electron chi connectivity index (χ2n) is 3.72. The third-order valence-corrected chi connectivity index (χ3v) is 3.50. The summed E-state index contributed by atoms with van der Waals surface area (Å²) in [5.74, 6) is 0. The van der Waals surface area contributed by atoms with E-state index in [-0.39, 0.29) is 5.56 Å². The zero-order valence-corrected chi connectivity index (χ0v) is 10.1. The molecule has 0 saturated carbocycles. The predicted molar refractivity (Wildman–Crippen MR) is 71.4 cm³/mol. The lowest BCUT2D eigenvalue weighted by atomic mass is 10.2. The van der Waals surface area contributed by atoms with Crippen LogP contribution in [0.4, 0.5) is 0 Å². The predicted octanol–water partition coefficient (Wildman–Crippen LogP) is 2.56. The van der Waals surface area contributed by atoms with Crippen molar-refractivity contribution in [2.45, 2.75) is 0 Å². The van der Waals surface area contributed by atoms with Gasteiger partial charge in [-0.2, -0.15) is 0 Å². The van der Waals surface area contributed by atoms with E-state index < -0.39 is 0 Å². The van der Waals surface area contributed by atoms with Crippen molar-refractivity contribution in [2.75, 3.05) is 0 Å². The van der Waals surface area contributed by atoms with Gasteiger partial charge in [-0.3, -0.25) is 4.79 Å². The van der Waals surface area contributed by atoms with Gasteiger partial charge in [-0.25, -0.2) is 0 Å². The Balaban J connectivity index is 1.99. The molecule has 0 spiro atoms. The van der Waals surface area contributed by atoms with E-state index >= 15 is 0 Å². The first-order valence-corrected chi connectivity index (χ1v) is 6.22. The van der Waals surface area contributed by atoms with Gasteiger partial charge in [0.05, 0.1) is 0 Å². The highest BCUT2D eigenvalue weighted by Crippen LogP contribution is 2.28. The second-order valence-corrected chi connectivity index (χ2v) is 4.70. The molecule has 0 amide bonds. The SMILES string of the molecule is O=c1ccc(-c2nnc(-c3ccccc3)s2)c[nH]1. The Labute approximate surface area is 107 Å². The zero-order valence-electron chi connectivity index (χ0n) is 9.33. The molecule has 2 aromatic heterocycles. The summed E-state index contributed by atoms with van der Waals surface area (Å²) >= 11 is 1.50. The quantitative estimate of drug-likeness (QED) is 0.765. The van der Waals surface area contributed by atoms with Crippen molar-refractivity contribution in [2.24, 2.45) is 0 Å². The van der Waals surface area contributed by atoms with Gasteiger partial charge in [0.25, 0.3) is 0 Å². The highest BCUT2D eigenvalue weighted by molar-refractivity contribution is 7.17. The summed E-state index contributed by atoms with van der Waals surface area (Å²) in [6.07, 6.45) is 1.65. The van der Waals surface area contributed by atoms with Crippen LogP contribution in [0, 0.1) is 0 Å². The molecule has 0 saturated heterocycles. The number of benzene rings is 1. The standard InChI is InChI=1S/C13H9N3OS/c17-11-7-6-10(8-14-11)13-16-15-12(18-13)9-4-2-1-3-5-9/h1-8H,(H,14,17). The maximum atomic E-state index is 11.0. The van der Waals surface area contributed by atoms with Crippen molar-refractivity contribution >= 4 is 11.3 Å². The first kappa shape index (κ1) is 10.9. The van der Waals surface area contributed by atoms with E-state index in [1.54, 1.807) is 12.3 Å². The molecule has 1 N–H and O–H groups in total. The highest BCUT2D eigenvalue weighted by Gasteiger charge is 2.07. The number of aromatic amines is 1. The smallest absolute Gasteiger partial charge is 0.247 e. The molecule has 0 fully saturated rings. The molecule has 4 nitrogen and oxygen atoms in total. The van der Waals surface area contributed by atoms with Gasteiger partial charge < -0.3 is 4.98 Å². The van der Waals surface area contributed by atoms with Crippen molar-refractivity contribution in [1.82, 2.24) is 15.2 Å². The lowest BCUT2D eigenvalue weighted by molar-refractivity contribution is 1.10. The maximum absolute atomic E-state index is 11.0. The fourth-order valence-corrected chi connectivity index (χ4v) is 2.43. The molecule has 5 heteroatoms. The monoisotopic (exact) mass is 255 g/mol. The molecule has 0 aliphatic heterocycles. The minimum atomic E-state index is -0.119.